The molecule has 0 saturated carbocycles. The summed E-state index contributed by atoms with van der Waals surface area (Å²) in [5, 5.41) is 2.82. The third-order valence-corrected chi connectivity index (χ3v) is 3.60. The number of carbonyl (C=O) groups excluding carboxylic acids is 1. The largest absolute Gasteiger partial charge is 0.494 e. The Morgan fingerprint density at radius 1 is 1.00 bits per heavy atom. The Morgan fingerprint density at radius 2 is 1.68 bits per heavy atom. The summed E-state index contributed by atoms with van der Waals surface area (Å²) in [6.07, 6.45) is 0. The van der Waals surface area contributed by atoms with Crippen molar-refractivity contribution in [3.63, 3.8) is 0 Å². The van der Waals surface area contributed by atoms with E-state index in [9.17, 15) is 4.79 Å². The molecule has 0 aromatic heterocycles. The molecule has 0 fully saturated rings. The Kier molecular flexibility index (Phi) is 5.61. The van der Waals surface area contributed by atoms with Crippen LogP contribution in [0.3, 0.4) is 0 Å². The Bertz CT molecular complexity index is 714. The number of amides is 1. The van der Waals surface area contributed by atoms with Crippen LogP contribution in [0.4, 0.5) is 0 Å². The maximum absolute atomic E-state index is 11.9. The summed E-state index contributed by atoms with van der Waals surface area (Å²) in [5.41, 5.74) is 0.943. The van der Waals surface area contributed by atoms with E-state index in [0.29, 0.717) is 37.9 Å². The molecule has 2 aromatic rings. The zero-order valence-corrected chi connectivity index (χ0v) is 14.1. The molecule has 0 aliphatic carbocycles. The van der Waals surface area contributed by atoms with Crippen molar-refractivity contribution >= 4 is 5.91 Å². The lowest BCUT2D eigenvalue weighted by Crippen LogP contribution is -2.28. The molecular formula is C19H21NO5. The summed E-state index contributed by atoms with van der Waals surface area (Å²) in [6, 6.07) is 12.8. The van der Waals surface area contributed by atoms with Crippen molar-refractivity contribution in [1.82, 2.24) is 5.32 Å². The van der Waals surface area contributed by atoms with Crippen LogP contribution >= 0.6 is 0 Å². The van der Waals surface area contributed by atoms with Crippen molar-refractivity contribution in [1.29, 1.82) is 0 Å². The van der Waals surface area contributed by atoms with Crippen molar-refractivity contribution < 1.29 is 23.7 Å². The Hall–Kier alpha value is -2.89. The molecule has 132 valence electrons. The quantitative estimate of drug-likeness (QED) is 0.837. The summed E-state index contributed by atoms with van der Waals surface area (Å²) >= 11 is 0. The van der Waals surface area contributed by atoms with E-state index in [1.165, 1.54) is 0 Å². The number of nitrogens with one attached hydrogen (secondary N) is 1. The average Bonchev–Trinajstić information content (AvgIpc) is 2.66. The van der Waals surface area contributed by atoms with E-state index in [2.05, 4.69) is 5.32 Å². The van der Waals surface area contributed by atoms with Crippen LogP contribution in [0.25, 0.3) is 0 Å². The molecule has 0 spiro atoms. The summed E-state index contributed by atoms with van der Waals surface area (Å²) < 4.78 is 21.8. The standard InChI is InChI=1S/C19H21NO5/c1-2-22-15-4-6-16(7-5-15)25-13-19(21)20-12-14-3-8-17-18(11-14)24-10-9-23-17/h3-8,11H,2,9-10,12-13H2,1H3,(H,20,21). The van der Waals surface area contributed by atoms with E-state index in [-0.39, 0.29) is 12.5 Å². The summed E-state index contributed by atoms with van der Waals surface area (Å²) in [5.74, 6) is 2.66. The van der Waals surface area contributed by atoms with Gasteiger partial charge in [-0.25, -0.2) is 0 Å². The molecule has 6 heteroatoms. The van der Waals surface area contributed by atoms with Gasteiger partial charge in [0.25, 0.3) is 5.91 Å². The lowest BCUT2D eigenvalue weighted by molar-refractivity contribution is -0.123. The SMILES string of the molecule is CCOc1ccc(OCC(=O)NCc2ccc3c(c2)OCCO3)cc1. The van der Waals surface area contributed by atoms with E-state index < -0.39 is 0 Å². The minimum absolute atomic E-state index is 0.0431. The summed E-state index contributed by atoms with van der Waals surface area (Å²) in [7, 11) is 0. The zero-order chi connectivity index (χ0) is 17.5. The Morgan fingerprint density at radius 3 is 2.40 bits per heavy atom. The minimum atomic E-state index is -0.191. The molecule has 0 saturated heterocycles. The molecule has 1 amide bonds. The molecule has 25 heavy (non-hydrogen) atoms. The van der Waals surface area contributed by atoms with Crippen molar-refractivity contribution in [2.24, 2.45) is 0 Å². The molecule has 1 aliphatic heterocycles. The zero-order valence-electron chi connectivity index (χ0n) is 14.1. The van der Waals surface area contributed by atoms with Gasteiger partial charge in [-0.2, -0.15) is 0 Å². The monoisotopic (exact) mass is 343 g/mol. The van der Waals surface area contributed by atoms with Crippen LogP contribution in [0.15, 0.2) is 42.5 Å². The van der Waals surface area contributed by atoms with Crippen LogP contribution in [0.1, 0.15) is 12.5 Å². The molecule has 2 aromatic carbocycles. The van der Waals surface area contributed by atoms with E-state index in [1.54, 1.807) is 12.1 Å². The number of hydrogen-bond donors (Lipinski definition) is 1. The van der Waals surface area contributed by atoms with Gasteiger partial charge in [0, 0.05) is 6.54 Å². The topological polar surface area (TPSA) is 66.0 Å². The van der Waals surface area contributed by atoms with Gasteiger partial charge in [-0.3, -0.25) is 4.79 Å². The van der Waals surface area contributed by atoms with Crippen LogP contribution < -0.4 is 24.3 Å². The highest BCUT2D eigenvalue weighted by Gasteiger charge is 2.12. The molecule has 1 aliphatic rings. The van der Waals surface area contributed by atoms with Gasteiger partial charge >= 0.3 is 0 Å². The highest BCUT2D eigenvalue weighted by atomic mass is 16.6. The first kappa shape index (κ1) is 17.0. The van der Waals surface area contributed by atoms with Gasteiger partial charge < -0.3 is 24.3 Å². The number of hydrogen-bond acceptors (Lipinski definition) is 5. The van der Waals surface area contributed by atoms with Crippen LogP contribution in [-0.4, -0.2) is 32.3 Å². The second-order valence-corrected chi connectivity index (χ2v) is 5.45. The minimum Gasteiger partial charge on any atom is -0.494 e. The van der Waals surface area contributed by atoms with Crippen LogP contribution in [0.2, 0.25) is 0 Å². The fourth-order valence-electron chi connectivity index (χ4n) is 2.40. The fraction of sp³-hybridized carbons (Fsp3) is 0.316. The van der Waals surface area contributed by atoms with E-state index in [0.717, 1.165) is 17.1 Å². The third-order valence-electron chi connectivity index (χ3n) is 3.60. The predicted molar refractivity (Wildman–Crippen MR) is 92.4 cm³/mol. The fourth-order valence-corrected chi connectivity index (χ4v) is 2.40. The van der Waals surface area contributed by atoms with Crippen molar-refractivity contribution in [3.05, 3.63) is 48.0 Å². The van der Waals surface area contributed by atoms with Gasteiger partial charge in [0.05, 0.1) is 6.61 Å². The first-order valence-corrected chi connectivity index (χ1v) is 8.25. The molecule has 1 N–H and O–H groups in total. The molecule has 0 radical (unpaired) electrons. The van der Waals surface area contributed by atoms with Gasteiger partial charge in [-0.15, -0.1) is 0 Å². The van der Waals surface area contributed by atoms with Gasteiger partial charge in [0.1, 0.15) is 24.7 Å². The molecule has 6 nitrogen and oxygen atoms in total. The molecular weight excluding hydrogens is 322 g/mol. The highest BCUT2D eigenvalue weighted by molar-refractivity contribution is 5.77. The van der Waals surface area contributed by atoms with Crippen LogP contribution in [0, 0.1) is 0 Å². The maximum Gasteiger partial charge on any atom is 0.258 e. The number of benzene rings is 2. The van der Waals surface area contributed by atoms with E-state index in [4.69, 9.17) is 18.9 Å². The van der Waals surface area contributed by atoms with Gasteiger partial charge in [-0.1, -0.05) is 6.07 Å². The highest BCUT2D eigenvalue weighted by Crippen LogP contribution is 2.30. The second-order valence-electron chi connectivity index (χ2n) is 5.45. The number of carbonyl (C=O) groups is 1. The summed E-state index contributed by atoms with van der Waals surface area (Å²) in [4.78, 5) is 11.9. The smallest absolute Gasteiger partial charge is 0.258 e. The summed E-state index contributed by atoms with van der Waals surface area (Å²) in [6.45, 7) is 4.00. The second kappa shape index (κ2) is 8.28. The Labute approximate surface area is 146 Å². The van der Waals surface area contributed by atoms with E-state index in [1.807, 2.05) is 37.3 Å². The van der Waals surface area contributed by atoms with Crippen molar-refractivity contribution in [2.45, 2.75) is 13.5 Å². The number of rotatable bonds is 7. The van der Waals surface area contributed by atoms with Gasteiger partial charge in [0.2, 0.25) is 0 Å². The first-order valence-electron chi connectivity index (χ1n) is 8.25. The van der Waals surface area contributed by atoms with Crippen molar-refractivity contribution in [3.8, 4) is 23.0 Å². The number of ether oxygens (including phenoxy) is 4. The molecule has 1 heterocycles. The third kappa shape index (κ3) is 4.79. The first-order chi connectivity index (χ1) is 12.2. The molecule has 0 bridgehead atoms. The van der Waals surface area contributed by atoms with Crippen LogP contribution in [-0.2, 0) is 11.3 Å². The lowest BCUT2D eigenvalue weighted by Gasteiger charge is -2.19. The lowest BCUT2D eigenvalue weighted by atomic mass is 10.2. The maximum atomic E-state index is 11.9. The van der Waals surface area contributed by atoms with Crippen LogP contribution in [0.5, 0.6) is 23.0 Å². The average molecular weight is 343 g/mol. The normalized spacial score (nSPS) is 12.4. The molecule has 0 atom stereocenters. The van der Waals surface area contributed by atoms with Crippen molar-refractivity contribution in [2.75, 3.05) is 26.4 Å². The predicted octanol–water partition coefficient (Wildman–Crippen LogP) is 2.55. The van der Waals surface area contributed by atoms with Gasteiger partial charge in [-0.05, 0) is 48.9 Å². The van der Waals surface area contributed by atoms with E-state index >= 15 is 0 Å². The molecule has 3 rings (SSSR count). The number of fused-ring (bicyclic) bond motifs is 1. The van der Waals surface area contributed by atoms with Gasteiger partial charge in [0.15, 0.2) is 18.1 Å². The Balaban J connectivity index is 1.45. The molecule has 0 unspecified atom stereocenters.